The molecular weight excluding hydrogens is 344 g/mol. The van der Waals surface area contributed by atoms with Crippen LogP contribution in [-0.2, 0) is 4.74 Å². The average molecular weight is 361 g/mol. The van der Waals surface area contributed by atoms with E-state index in [0.717, 1.165) is 32.6 Å². The first-order valence-corrected chi connectivity index (χ1v) is 7.83. The van der Waals surface area contributed by atoms with Crippen LogP contribution in [0.5, 0.6) is 0 Å². The van der Waals surface area contributed by atoms with Crippen molar-refractivity contribution in [3.63, 3.8) is 0 Å². The van der Waals surface area contributed by atoms with Gasteiger partial charge in [0.05, 0.1) is 12.1 Å². The lowest BCUT2D eigenvalue weighted by Crippen LogP contribution is -2.16. The molecule has 3 rings (SSSR count). The van der Waals surface area contributed by atoms with Crippen LogP contribution in [0, 0.1) is 6.92 Å². The number of fused-ring (bicyclic) bond motifs is 1. The molecule has 22 heavy (non-hydrogen) atoms. The van der Waals surface area contributed by atoms with Gasteiger partial charge in [0, 0.05) is 28.9 Å². The van der Waals surface area contributed by atoms with E-state index in [1.165, 1.54) is 0 Å². The van der Waals surface area contributed by atoms with Crippen LogP contribution in [-0.4, -0.2) is 18.7 Å². The van der Waals surface area contributed by atoms with Gasteiger partial charge in [-0.2, -0.15) is 0 Å². The van der Waals surface area contributed by atoms with Crippen molar-refractivity contribution in [2.24, 2.45) is 0 Å². The monoisotopic (exact) mass is 360 g/mol. The summed E-state index contributed by atoms with van der Waals surface area (Å²) in [4.78, 5) is 4.41. The smallest absolute Gasteiger partial charge is 0.128 e. The Hall–Kier alpha value is -1.85. The normalized spacial score (nSPS) is 12.5. The van der Waals surface area contributed by atoms with E-state index in [1.54, 1.807) is 13.3 Å². The zero-order chi connectivity index (χ0) is 15.5. The molecule has 1 N–H and O–H groups in total. The van der Waals surface area contributed by atoms with E-state index in [9.17, 15) is 0 Å². The predicted molar refractivity (Wildman–Crippen MR) is 91.1 cm³/mol. The van der Waals surface area contributed by atoms with E-state index < -0.39 is 0 Å². The predicted octanol–water partition coefficient (Wildman–Crippen LogP) is 4.70. The van der Waals surface area contributed by atoms with Crippen LogP contribution in [0.4, 0.5) is 5.69 Å². The molecule has 0 bridgehead atoms. The first kappa shape index (κ1) is 15.1. The first-order chi connectivity index (χ1) is 10.7. The van der Waals surface area contributed by atoms with Crippen LogP contribution in [0.1, 0.15) is 17.6 Å². The number of hydrogen-bond donors (Lipinski definition) is 1. The molecule has 0 saturated carbocycles. The zero-order valence-corrected chi connectivity index (χ0v) is 14.1. The van der Waals surface area contributed by atoms with Crippen molar-refractivity contribution >= 4 is 32.5 Å². The standard InChI is InChI=1S/C17H17BrN2O2/c1-11-3-6-17(22-11)16(10-21-2)20-14-7-8-19-15-9-12(18)4-5-13(14)15/h3-9,16H,10H2,1-2H3,(H,19,20). The number of nitrogens with zero attached hydrogens (tertiary/aromatic N) is 1. The summed E-state index contributed by atoms with van der Waals surface area (Å²) < 4.78 is 12.1. The second-order valence-corrected chi connectivity index (χ2v) is 6.04. The SMILES string of the molecule is COCC(Nc1ccnc2cc(Br)ccc12)c1ccc(C)o1. The number of benzene rings is 1. The fraction of sp³-hybridized carbons (Fsp3) is 0.235. The van der Waals surface area contributed by atoms with Crippen LogP contribution in [0.25, 0.3) is 10.9 Å². The number of pyridine rings is 1. The van der Waals surface area contributed by atoms with Gasteiger partial charge in [0.15, 0.2) is 0 Å². The van der Waals surface area contributed by atoms with Crippen molar-refractivity contribution in [2.75, 3.05) is 19.0 Å². The van der Waals surface area contributed by atoms with Crippen molar-refractivity contribution in [3.05, 3.63) is 58.6 Å². The van der Waals surface area contributed by atoms with Crippen molar-refractivity contribution in [3.8, 4) is 0 Å². The Morgan fingerprint density at radius 3 is 2.86 bits per heavy atom. The number of anilines is 1. The Labute approximate surface area is 137 Å². The maximum atomic E-state index is 5.74. The van der Waals surface area contributed by atoms with Gasteiger partial charge in [0.25, 0.3) is 0 Å². The van der Waals surface area contributed by atoms with Gasteiger partial charge in [-0.1, -0.05) is 15.9 Å². The molecule has 0 saturated heterocycles. The molecular formula is C17H17BrN2O2. The molecule has 0 amide bonds. The highest BCUT2D eigenvalue weighted by Crippen LogP contribution is 2.28. The molecule has 4 nitrogen and oxygen atoms in total. The largest absolute Gasteiger partial charge is 0.464 e. The minimum Gasteiger partial charge on any atom is -0.464 e. The van der Waals surface area contributed by atoms with Gasteiger partial charge < -0.3 is 14.5 Å². The third kappa shape index (κ3) is 3.15. The van der Waals surface area contributed by atoms with Crippen LogP contribution in [0.2, 0.25) is 0 Å². The number of aryl methyl sites for hydroxylation is 1. The van der Waals surface area contributed by atoms with Gasteiger partial charge in [-0.25, -0.2) is 0 Å². The maximum Gasteiger partial charge on any atom is 0.128 e. The Bertz CT molecular complexity index is 785. The first-order valence-electron chi connectivity index (χ1n) is 7.03. The third-order valence-electron chi connectivity index (χ3n) is 3.47. The summed E-state index contributed by atoms with van der Waals surface area (Å²) in [6.45, 7) is 2.46. The second kappa shape index (κ2) is 6.50. The molecule has 1 atom stereocenters. The summed E-state index contributed by atoms with van der Waals surface area (Å²) in [7, 11) is 1.69. The van der Waals surface area contributed by atoms with E-state index in [1.807, 2.05) is 43.3 Å². The minimum atomic E-state index is -0.0482. The molecule has 0 aliphatic rings. The fourth-order valence-corrected chi connectivity index (χ4v) is 2.79. The van der Waals surface area contributed by atoms with Crippen LogP contribution < -0.4 is 5.32 Å². The zero-order valence-electron chi connectivity index (χ0n) is 12.5. The lowest BCUT2D eigenvalue weighted by Gasteiger charge is -2.18. The molecule has 0 radical (unpaired) electrons. The Balaban J connectivity index is 1.96. The molecule has 1 aromatic carbocycles. The maximum absolute atomic E-state index is 5.74. The lowest BCUT2D eigenvalue weighted by atomic mass is 10.1. The number of furan rings is 1. The van der Waals surface area contributed by atoms with Crippen molar-refractivity contribution in [2.45, 2.75) is 13.0 Å². The summed E-state index contributed by atoms with van der Waals surface area (Å²) >= 11 is 3.48. The third-order valence-corrected chi connectivity index (χ3v) is 3.97. The number of nitrogens with one attached hydrogen (secondary N) is 1. The summed E-state index contributed by atoms with van der Waals surface area (Å²) in [6, 6.07) is 11.9. The second-order valence-electron chi connectivity index (χ2n) is 5.12. The van der Waals surface area contributed by atoms with Gasteiger partial charge >= 0.3 is 0 Å². The summed E-state index contributed by atoms with van der Waals surface area (Å²) in [6.07, 6.45) is 1.80. The molecule has 0 aliphatic carbocycles. The molecule has 0 fully saturated rings. The van der Waals surface area contributed by atoms with E-state index in [0.29, 0.717) is 6.61 Å². The van der Waals surface area contributed by atoms with Gasteiger partial charge in [-0.05, 0) is 43.3 Å². The van der Waals surface area contributed by atoms with E-state index in [-0.39, 0.29) is 6.04 Å². The van der Waals surface area contributed by atoms with E-state index >= 15 is 0 Å². The molecule has 1 unspecified atom stereocenters. The summed E-state index contributed by atoms with van der Waals surface area (Å²) in [5.74, 6) is 1.75. The molecule has 3 aromatic rings. The molecule has 5 heteroatoms. The van der Waals surface area contributed by atoms with Crippen molar-refractivity contribution in [1.29, 1.82) is 0 Å². The van der Waals surface area contributed by atoms with E-state index in [2.05, 4.69) is 26.2 Å². The van der Waals surface area contributed by atoms with Crippen LogP contribution >= 0.6 is 15.9 Å². The molecule has 2 aromatic heterocycles. The van der Waals surface area contributed by atoms with Gasteiger partial charge in [0.1, 0.15) is 17.6 Å². The summed E-state index contributed by atoms with van der Waals surface area (Å²) in [5.41, 5.74) is 1.94. The molecule has 0 spiro atoms. The number of aromatic nitrogens is 1. The molecule has 2 heterocycles. The van der Waals surface area contributed by atoms with Crippen molar-refractivity contribution in [1.82, 2.24) is 4.98 Å². The highest BCUT2D eigenvalue weighted by Gasteiger charge is 2.16. The highest BCUT2D eigenvalue weighted by molar-refractivity contribution is 9.10. The van der Waals surface area contributed by atoms with Gasteiger partial charge in [-0.15, -0.1) is 0 Å². The van der Waals surface area contributed by atoms with Crippen LogP contribution in [0.3, 0.4) is 0 Å². The van der Waals surface area contributed by atoms with Gasteiger partial charge in [0.2, 0.25) is 0 Å². The van der Waals surface area contributed by atoms with Crippen molar-refractivity contribution < 1.29 is 9.15 Å². The number of methoxy groups -OCH3 is 1. The molecule has 114 valence electrons. The molecule has 0 aliphatic heterocycles. The Kier molecular flexibility index (Phi) is 4.45. The quantitative estimate of drug-likeness (QED) is 0.716. The Morgan fingerprint density at radius 2 is 2.14 bits per heavy atom. The summed E-state index contributed by atoms with van der Waals surface area (Å²) in [5, 5.41) is 4.56. The topological polar surface area (TPSA) is 47.3 Å². The van der Waals surface area contributed by atoms with Crippen LogP contribution in [0.15, 0.2) is 51.5 Å². The minimum absolute atomic E-state index is 0.0482. The number of ether oxygens (including phenoxy) is 1. The fourth-order valence-electron chi connectivity index (χ4n) is 2.44. The number of rotatable bonds is 5. The lowest BCUT2D eigenvalue weighted by molar-refractivity contribution is 0.178. The number of halogens is 1. The highest BCUT2D eigenvalue weighted by atomic mass is 79.9. The number of hydrogen-bond acceptors (Lipinski definition) is 4. The van der Waals surface area contributed by atoms with E-state index in [4.69, 9.17) is 9.15 Å². The average Bonchev–Trinajstić information content (AvgIpc) is 2.93. The Morgan fingerprint density at radius 1 is 1.27 bits per heavy atom. The van der Waals surface area contributed by atoms with Gasteiger partial charge in [-0.3, -0.25) is 4.98 Å².